The second kappa shape index (κ2) is 7.74. The first kappa shape index (κ1) is 18.1. The lowest BCUT2D eigenvalue weighted by Gasteiger charge is -2.11. The van der Waals surface area contributed by atoms with Crippen molar-refractivity contribution in [3.8, 4) is 5.75 Å². The number of nitrogens with zero attached hydrogens (tertiary/aromatic N) is 2. The van der Waals surface area contributed by atoms with Crippen molar-refractivity contribution < 1.29 is 14.6 Å². The van der Waals surface area contributed by atoms with Crippen LogP contribution in [-0.2, 0) is 13.2 Å². The van der Waals surface area contributed by atoms with Gasteiger partial charge < -0.3 is 14.4 Å². The third-order valence-electron chi connectivity index (χ3n) is 4.44. The number of ether oxygens (including phenoxy) is 1. The Labute approximate surface area is 166 Å². The molecule has 1 aromatic heterocycles. The summed E-state index contributed by atoms with van der Waals surface area (Å²) in [6.07, 6.45) is 0. The number of hydrogen-bond acceptors (Lipinski definition) is 3. The van der Waals surface area contributed by atoms with Gasteiger partial charge in [0.15, 0.2) is 0 Å². The van der Waals surface area contributed by atoms with Gasteiger partial charge in [0.2, 0.25) is 0 Å². The molecule has 4 aromatic rings. The zero-order chi connectivity index (χ0) is 19.5. The van der Waals surface area contributed by atoms with Gasteiger partial charge in [-0.25, -0.2) is 9.78 Å². The van der Waals surface area contributed by atoms with Crippen molar-refractivity contribution in [2.45, 2.75) is 13.2 Å². The SMILES string of the molecule is O=C(O)c1ccc2c(c1)nc(COc1ccc(Cl)cc1)n2Cc1ccccc1. The van der Waals surface area contributed by atoms with E-state index < -0.39 is 5.97 Å². The number of benzene rings is 3. The van der Waals surface area contributed by atoms with E-state index >= 15 is 0 Å². The van der Waals surface area contributed by atoms with Gasteiger partial charge in [-0.2, -0.15) is 0 Å². The van der Waals surface area contributed by atoms with Gasteiger partial charge in [0.1, 0.15) is 18.2 Å². The maximum Gasteiger partial charge on any atom is 0.335 e. The molecule has 140 valence electrons. The average Bonchev–Trinajstić information content (AvgIpc) is 3.05. The molecule has 0 aliphatic rings. The third-order valence-corrected chi connectivity index (χ3v) is 4.69. The quantitative estimate of drug-likeness (QED) is 0.500. The Kier molecular flexibility index (Phi) is 5.00. The minimum Gasteiger partial charge on any atom is -0.486 e. The summed E-state index contributed by atoms with van der Waals surface area (Å²) < 4.78 is 7.92. The van der Waals surface area contributed by atoms with Crippen LogP contribution < -0.4 is 4.74 Å². The number of hydrogen-bond donors (Lipinski definition) is 1. The van der Waals surface area contributed by atoms with Gasteiger partial charge in [0, 0.05) is 11.6 Å². The number of imidazole rings is 1. The van der Waals surface area contributed by atoms with Crippen LogP contribution in [0.1, 0.15) is 21.7 Å². The zero-order valence-electron chi connectivity index (χ0n) is 14.9. The summed E-state index contributed by atoms with van der Waals surface area (Å²) in [6.45, 7) is 0.870. The van der Waals surface area contributed by atoms with Crippen molar-refractivity contribution in [1.82, 2.24) is 9.55 Å². The maximum atomic E-state index is 11.3. The molecule has 28 heavy (non-hydrogen) atoms. The molecular weight excluding hydrogens is 376 g/mol. The van der Waals surface area contributed by atoms with Crippen LogP contribution in [0.25, 0.3) is 11.0 Å². The Balaban J connectivity index is 1.70. The molecule has 0 aliphatic heterocycles. The molecule has 0 aliphatic carbocycles. The number of halogens is 1. The molecule has 0 atom stereocenters. The molecule has 0 fully saturated rings. The van der Waals surface area contributed by atoms with Crippen LogP contribution in [0.5, 0.6) is 5.75 Å². The molecular formula is C22H17ClN2O3. The fourth-order valence-corrected chi connectivity index (χ4v) is 3.17. The van der Waals surface area contributed by atoms with Gasteiger partial charge in [-0.15, -0.1) is 0 Å². The van der Waals surface area contributed by atoms with Gasteiger partial charge in [-0.05, 0) is 48.0 Å². The molecule has 1 heterocycles. The lowest BCUT2D eigenvalue weighted by Crippen LogP contribution is -2.08. The smallest absolute Gasteiger partial charge is 0.335 e. The third kappa shape index (κ3) is 3.85. The van der Waals surface area contributed by atoms with Crippen molar-refractivity contribution in [2.24, 2.45) is 0 Å². The van der Waals surface area contributed by atoms with E-state index in [1.54, 1.807) is 42.5 Å². The summed E-state index contributed by atoms with van der Waals surface area (Å²) in [5.74, 6) is 0.434. The summed E-state index contributed by atoms with van der Waals surface area (Å²) in [4.78, 5) is 15.9. The minimum absolute atomic E-state index is 0.210. The minimum atomic E-state index is -0.974. The zero-order valence-corrected chi connectivity index (χ0v) is 15.6. The van der Waals surface area contributed by atoms with E-state index in [0.717, 1.165) is 16.9 Å². The van der Waals surface area contributed by atoms with E-state index in [1.807, 2.05) is 34.9 Å². The highest BCUT2D eigenvalue weighted by Gasteiger charge is 2.14. The number of rotatable bonds is 6. The van der Waals surface area contributed by atoms with Crippen LogP contribution in [0.15, 0.2) is 72.8 Å². The lowest BCUT2D eigenvalue weighted by atomic mass is 10.2. The standard InChI is InChI=1S/C22H17ClN2O3/c23-17-7-9-18(10-8-17)28-14-21-24-19-12-16(22(26)27)6-11-20(19)25(21)13-15-4-2-1-3-5-15/h1-12H,13-14H2,(H,26,27). The summed E-state index contributed by atoms with van der Waals surface area (Å²) in [5.41, 5.74) is 2.83. The maximum absolute atomic E-state index is 11.3. The molecule has 0 radical (unpaired) electrons. The van der Waals surface area contributed by atoms with Gasteiger partial charge in [0.25, 0.3) is 0 Å². The molecule has 5 nitrogen and oxygen atoms in total. The summed E-state index contributed by atoms with van der Waals surface area (Å²) in [5, 5.41) is 9.90. The fourth-order valence-electron chi connectivity index (χ4n) is 3.04. The van der Waals surface area contributed by atoms with E-state index in [1.165, 1.54) is 0 Å². The van der Waals surface area contributed by atoms with E-state index in [-0.39, 0.29) is 12.2 Å². The number of aromatic carboxylic acids is 1. The molecule has 0 spiro atoms. The predicted molar refractivity (Wildman–Crippen MR) is 108 cm³/mol. The van der Waals surface area contributed by atoms with Crippen molar-refractivity contribution in [3.63, 3.8) is 0 Å². The summed E-state index contributed by atoms with van der Waals surface area (Å²) in [7, 11) is 0. The molecule has 6 heteroatoms. The van der Waals surface area contributed by atoms with Gasteiger partial charge in [-0.1, -0.05) is 41.9 Å². The molecule has 0 amide bonds. The highest BCUT2D eigenvalue weighted by molar-refractivity contribution is 6.30. The topological polar surface area (TPSA) is 64.3 Å². The van der Waals surface area contributed by atoms with Crippen molar-refractivity contribution in [2.75, 3.05) is 0 Å². The van der Waals surface area contributed by atoms with Crippen LogP contribution in [0.4, 0.5) is 0 Å². The van der Waals surface area contributed by atoms with Gasteiger partial charge in [-0.3, -0.25) is 0 Å². The Hall–Kier alpha value is -3.31. The monoisotopic (exact) mass is 392 g/mol. The molecule has 0 unspecified atom stereocenters. The van der Waals surface area contributed by atoms with Gasteiger partial charge >= 0.3 is 5.97 Å². The second-order valence-electron chi connectivity index (χ2n) is 6.35. The normalized spacial score (nSPS) is 10.9. The van der Waals surface area contributed by atoms with E-state index in [0.29, 0.717) is 22.8 Å². The number of carboxylic acid groups (broad SMARTS) is 1. The van der Waals surface area contributed by atoms with Crippen LogP contribution >= 0.6 is 11.6 Å². The number of fused-ring (bicyclic) bond motifs is 1. The Morgan fingerprint density at radius 2 is 1.79 bits per heavy atom. The van der Waals surface area contributed by atoms with E-state index in [4.69, 9.17) is 16.3 Å². The fraction of sp³-hybridized carbons (Fsp3) is 0.0909. The van der Waals surface area contributed by atoms with Crippen LogP contribution in [0.3, 0.4) is 0 Å². The summed E-state index contributed by atoms with van der Waals surface area (Å²) in [6, 6.07) is 22.1. The molecule has 4 rings (SSSR count). The molecule has 0 saturated carbocycles. The van der Waals surface area contributed by atoms with E-state index in [9.17, 15) is 9.90 Å². The molecule has 3 aromatic carbocycles. The predicted octanol–water partition coefficient (Wildman–Crippen LogP) is 5.02. The Bertz CT molecular complexity index is 1120. The highest BCUT2D eigenvalue weighted by Crippen LogP contribution is 2.22. The largest absolute Gasteiger partial charge is 0.486 e. The molecule has 1 N–H and O–H groups in total. The van der Waals surface area contributed by atoms with Crippen LogP contribution in [-0.4, -0.2) is 20.6 Å². The first-order valence-corrected chi connectivity index (χ1v) is 9.13. The van der Waals surface area contributed by atoms with Crippen molar-refractivity contribution in [1.29, 1.82) is 0 Å². The van der Waals surface area contributed by atoms with Crippen LogP contribution in [0.2, 0.25) is 5.02 Å². The van der Waals surface area contributed by atoms with E-state index in [2.05, 4.69) is 4.98 Å². The Morgan fingerprint density at radius 3 is 2.50 bits per heavy atom. The molecule has 0 bridgehead atoms. The average molecular weight is 393 g/mol. The molecule has 0 saturated heterocycles. The van der Waals surface area contributed by atoms with Gasteiger partial charge in [0.05, 0.1) is 16.6 Å². The number of aromatic nitrogens is 2. The Morgan fingerprint density at radius 1 is 1.04 bits per heavy atom. The highest BCUT2D eigenvalue weighted by atomic mass is 35.5. The van der Waals surface area contributed by atoms with Crippen molar-refractivity contribution >= 4 is 28.6 Å². The van der Waals surface area contributed by atoms with Crippen molar-refractivity contribution in [3.05, 3.63) is 94.8 Å². The second-order valence-corrected chi connectivity index (χ2v) is 6.79. The first-order valence-electron chi connectivity index (χ1n) is 8.75. The summed E-state index contributed by atoms with van der Waals surface area (Å²) >= 11 is 5.92. The lowest BCUT2D eigenvalue weighted by molar-refractivity contribution is 0.0697. The van der Waals surface area contributed by atoms with Crippen LogP contribution in [0, 0.1) is 0 Å². The number of carboxylic acids is 1. The first-order chi connectivity index (χ1) is 13.6. The number of carbonyl (C=O) groups is 1.